The second-order valence-corrected chi connectivity index (χ2v) is 10.7. The number of sulfonamides is 1. The topological polar surface area (TPSA) is 105 Å². The van der Waals surface area contributed by atoms with E-state index >= 15 is 0 Å². The zero-order valence-electron chi connectivity index (χ0n) is 20.4. The van der Waals surface area contributed by atoms with E-state index in [1.807, 2.05) is 4.90 Å². The van der Waals surface area contributed by atoms with Crippen LogP contribution in [0.3, 0.4) is 0 Å². The maximum Gasteiger partial charge on any atom is 0.338 e. The third kappa shape index (κ3) is 6.42. The number of anilines is 2. The predicted molar refractivity (Wildman–Crippen MR) is 141 cm³/mol. The van der Waals surface area contributed by atoms with E-state index in [2.05, 4.69) is 5.32 Å². The van der Waals surface area contributed by atoms with Crippen LogP contribution in [0.15, 0.2) is 71.6 Å². The molecule has 4 rings (SSSR count). The van der Waals surface area contributed by atoms with Gasteiger partial charge in [0.15, 0.2) is 6.61 Å². The van der Waals surface area contributed by atoms with Gasteiger partial charge >= 0.3 is 5.97 Å². The van der Waals surface area contributed by atoms with Gasteiger partial charge in [0.1, 0.15) is 11.6 Å². The van der Waals surface area contributed by atoms with E-state index in [1.54, 1.807) is 24.3 Å². The molecule has 0 unspecified atom stereocenters. The van der Waals surface area contributed by atoms with E-state index in [-0.39, 0.29) is 29.4 Å². The SMILES string of the molecule is COc1ccc(NC(=O)COC(=O)c2cccc(S(=O)(=O)N3CCN(c4ccc(F)cc4)CC3)c2)cc1Cl. The Bertz CT molecular complexity index is 1430. The van der Waals surface area contributed by atoms with Crippen molar-refractivity contribution >= 4 is 44.9 Å². The summed E-state index contributed by atoms with van der Waals surface area (Å²) in [7, 11) is -2.41. The second-order valence-electron chi connectivity index (χ2n) is 8.37. The Balaban J connectivity index is 1.34. The van der Waals surface area contributed by atoms with Crippen LogP contribution in [0.1, 0.15) is 10.4 Å². The van der Waals surface area contributed by atoms with Gasteiger partial charge in [0.2, 0.25) is 10.0 Å². The highest BCUT2D eigenvalue weighted by Crippen LogP contribution is 2.27. The Morgan fingerprint density at radius 1 is 1.00 bits per heavy atom. The van der Waals surface area contributed by atoms with Crippen molar-refractivity contribution in [1.82, 2.24) is 4.31 Å². The molecular weight excluding hydrogens is 537 g/mol. The number of hydrogen-bond acceptors (Lipinski definition) is 7. The lowest BCUT2D eigenvalue weighted by Crippen LogP contribution is -2.48. The molecule has 1 N–H and O–H groups in total. The van der Waals surface area contributed by atoms with E-state index in [0.717, 1.165) is 5.69 Å². The number of nitrogens with zero attached hydrogens (tertiary/aromatic N) is 2. The van der Waals surface area contributed by atoms with Crippen LogP contribution < -0.4 is 15.0 Å². The molecule has 0 atom stereocenters. The summed E-state index contributed by atoms with van der Waals surface area (Å²) in [5.74, 6) is -1.33. The lowest BCUT2D eigenvalue weighted by Gasteiger charge is -2.35. The van der Waals surface area contributed by atoms with E-state index < -0.39 is 28.5 Å². The van der Waals surface area contributed by atoms with Gasteiger partial charge < -0.3 is 19.7 Å². The minimum atomic E-state index is -3.88. The van der Waals surface area contributed by atoms with Crippen molar-refractivity contribution in [1.29, 1.82) is 0 Å². The molecule has 1 amide bonds. The minimum absolute atomic E-state index is 0.00341. The maximum atomic E-state index is 13.2. The molecule has 0 radical (unpaired) electrons. The molecule has 3 aromatic rings. The summed E-state index contributed by atoms with van der Waals surface area (Å²) < 4.78 is 51.1. The summed E-state index contributed by atoms with van der Waals surface area (Å²) in [6.45, 7) is 0.737. The van der Waals surface area contributed by atoms with Crippen molar-refractivity contribution in [3.63, 3.8) is 0 Å². The van der Waals surface area contributed by atoms with E-state index in [0.29, 0.717) is 29.5 Å². The molecule has 200 valence electrons. The highest BCUT2D eigenvalue weighted by Gasteiger charge is 2.29. The van der Waals surface area contributed by atoms with Crippen molar-refractivity contribution < 1.29 is 31.9 Å². The first-order valence-corrected chi connectivity index (χ1v) is 13.4. The molecule has 9 nitrogen and oxygen atoms in total. The molecule has 0 spiro atoms. The average molecular weight is 562 g/mol. The van der Waals surface area contributed by atoms with E-state index in [9.17, 15) is 22.4 Å². The van der Waals surface area contributed by atoms with Crippen LogP contribution in [0.5, 0.6) is 5.75 Å². The second kappa shape index (κ2) is 11.8. The first-order chi connectivity index (χ1) is 18.2. The van der Waals surface area contributed by atoms with Crippen LogP contribution in [0, 0.1) is 5.82 Å². The number of piperazine rings is 1. The van der Waals surface area contributed by atoms with Gasteiger partial charge in [-0.15, -0.1) is 0 Å². The largest absolute Gasteiger partial charge is 0.495 e. The number of halogens is 2. The van der Waals surface area contributed by atoms with Crippen LogP contribution >= 0.6 is 11.6 Å². The quantitative estimate of drug-likeness (QED) is 0.417. The molecule has 0 saturated carbocycles. The molecule has 0 aromatic heterocycles. The van der Waals surface area contributed by atoms with Gasteiger partial charge in [-0.2, -0.15) is 4.31 Å². The molecule has 3 aromatic carbocycles. The monoisotopic (exact) mass is 561 g/mol. The Kier molecular flexibility index (Phi) is 8.50. The number of hydrogen-bond donors (Lipinski definition) is 1. The van der Waals surface area contributed by atoms with Crippen molar-refractivity contribution in [2.75, 3.05) is 50.1 Å². The van der Waals surface area contributed by atoms with Crippen LogP contribution in [0.4, 0.5) is 15.8 Å². The average Bonchev–Trinajstić information content (AvgIpc) is 2.92. The lowest BCUT2D eigenvalue weighted by molar-refractivity contribution is -0.119. The summed E-state index contributed by atoms with van der Waals surface area (Å²) >= 11 is 6.04. The minimum Gasteiger partial charge on any atom is -0.495 e. The number of carbonyl (C=O) groups excluding carboxylic acids is 2. The predicted octanol–water partition coefficient (Wildman–Crippen LogP) is 3.79. The van der Waals surface area contributed by atoms with Gasteiger partial charge in [-0.1, -0.05) is 17.7 Å². The van der Waals surface area contributed by atoms with Gasteiger partial charge in [0.25, 0.3) is 5.91 Å². The first kappa shape index (κ1) is 27.4. The Morgan fingerprint density at radius 2 is 1.71 bits per heavy atom. The number of benzene rings is 3. The van der Waals surface area contributed by atoms with Crippen molar-refractivity contribution in [3.8, 4) is 5.75 Å². The van der Waals surface area contributed by atoms with Gasteiger partial charge in [-0.05, 0) is 60.7 Å². The Hall–Kier alpha value is -3.67. The van der Waals surface area contributed by atoms with Crippen molar-refractivity contribution in [2.24, 2.45) is 0 Å². The molecule has 12 heteroatoms. The first-order valence-electron chi connectivity index (χ1n) is 11.6. The van der Waals surface area contributed by atoms with Gasteiger partial charge in [-0.25, -0.2) is 17.6 Å². The number of esters is 1. The fourth-order valence-corrected chi connectivity index (χ4v) is 5.65. The zero-order chi connectivity index (χ0) is 27.3. The van der Waals surface area contributed by atoms with Gasteiger partial charge in [0, 0.05) is 37.6 Å². The number of carbonyl (C=O) groups is 2. The normalized spacial score (nSPS) is 14.1. The molecule has 0 aliphatic carbocycles. The third-order valence-electron chi connectivity index (χ3n) is 5.91. The highest BCUT2D eigenvalue weighted by atomic mass is 35.5. The fraction of sp³-hybridized carbons (Fsp3) is 0.231. The molecule has 1 saturated heterocycles. The van der Waals surface area contributed by atoms with Crippen LogP contribution in [-0.4, -0.2) is 64.5 Å². The molecule has 1 fully saturated rings. The molecule has 38 heavy (non-hydrogen) atoms. The smallest absolute Gasteiger partial charge is 0.338 e. The molecular formula is C26H25ClFN3O6S. The van der Waals surface area contributed by atoms with Crippen LogP contribution in [0.2, 0.25) is 5.02 Å². The maximum absolute atomic E-state index is 13.2. The standard InChI is InChI=1S/C26H25ClFN3O6S/c1-36-24-10-7-20(16-23(24)27)29-25(32)17-37-26(33)18-3-2-4-22(15-18)38(34,35)31-13-11-30(12-14-31)21-8-5-19(28)6-9-21/h2-10,15-16H,11-14,17H2,1H3,(H,29,32). The van der Waals surface area contributed by atoms with E-state index in [4.69, 9.17) is 21.1 Å². The van der Waals surface area contributed by atoms with Crippen LogP contribution in [-0.2, 0) is 19.6 Å². The summed E-state index contributed by atoms with van der Waals surface area (Å²) in [6, 6.07) is 16.2. The Morgan fingerprint density at radius 3 is 2.37 bits per heavy atom. The Labute approximate surface area is 224 Å². The zero-order valence-corrected chi connectivity index (χ0v) is 22.0. The van der Waals surface area contributed by atoms with Crippen molar-refractivity contribution in [2.45, 2.75) is 4.90 Å². The number of rotatable bonds is 8. The number of methoxy groups -OCH3 is 1. The third-order valence-corrected chi connectivity index (χ3v) is 8.10. The van der Waals surface area contributed by atoms with Crippen LogP contribution in [0.25, 0.3) is 0 Å². The molecule has 1 aliphatic heterocycles. The number of amides is 1. The summed E-state index contributed by atoms with van der Waals surface area (Å²) in [4.78, 5) is 26.7. The van der Waals surface area contributed by atoms with E-state index in [1.165, 1.54) is 53.9 Å². The fourth-order valence-electron chi connectivity index (χ4n) is 3.93. The van der Waals surface area contributed by atoms with Crippen molar-refractivity contribution in [3.05, 3.63) is 83.1 Å². The highest BCUT2D eigenvalue weighted by molar-refractivity contribution is 7.89. The molecule has 0 bridgehead atoms. The summed E-state index contributed by atoms with van der Waals surface area (Å²) in [6.07, 6.45) is 0. The summed E-state index contributed by atoms with van der Waals surface area (Å²) in [5, 5.41) is 2.86. The van der Waals surface area contributed by atoms with Gasteiger partial charge in [0.05, 0.1) is 22.6 Å². The lowest BCUT2D eigenvalue weighted by atomic mass is 10.2. The number of ether oxygens (including phenoxy) is 2. The van der Waals surface area contributed by atoms with Gasteiger partial charge in [-0.3, -0.25) is 4.79 Å². The number of nitrogens with one attached hydrogen (secondary N) is 1. The molecule has 1 heterocycles. The summed E-state index contributed by atoms with van der Waals surface area (Å²) in [5.41, 5.74) is 1.20. The molecule has 1 aliphatic rings.